The standard InChI is InChI=1S/C30H41NO8/c1-28-12-9-19(32)16-18(28)5-6-20-21(28)10-13-29(2)22(20)11-14-30(29,38)24(33)17-39-26(35)8-7-25(34)31-15-3-4-23(31)27(36)37/h16,20-23,38H,3-15,17H2,1-2H3,(H,36,37)/t20-,21-,22+,23+,28-,29-,30-/m0/s1. The number of Topliss-reactive ketones (excluding diaryl/α,β-unsaturated/α-hetero) is 1. The van der Waals surface area contributed by atoms with Gasteiger partial charge in [0.25, 0.3) is 0 Å². The summed E-state index contributed by atoms with van der Waals surface area (Å²) in [6.07, 6.45) is 8.48. The van der Waals surface area contributed by atoms with Crippen molar-refractivity contribution in [1.82, 2.24) is 4.90 Å². The Balaban J connectivity index is 1.18. The average molecular weight is 544 g/mol. The summed E-state index contributed by atoms with van der Waals surface area (Å²) in [7, 11) is 0. The van der Waals surface area contributed by atoms with Crippen molar-refractivity contribution in [2.24, 2.45) is 28.6 Å². The molecule has 0 aromatic carbocycles. The minimum Gasteiger partial charge on any atom is -0.480 e. The molecule has 3 saturated carbocycles. The molecule has 1 saturated heterocycles. The lowest BCUT2D eigenvalue weighted by Crippen LogP contribution is -2.58. The number of fused-ring (bicyclic) bond motifs is 5. The van der Waals surface area contributed by atoms with Crippen molar-refractivity contribution in [3.63, 3.8) is 0 Å². The number of ether oxygens (including phenoxy) is 1. The van der Waals surface area contributed by atoms with Crippen molar-refractivity contribution < 1.29 is 38.9 Å². The number of nitrogens with zero attached hydrogens (tertiary/aromatic N) is 1. The lowest BCUT2D eigenvalue weighted by Gasteiger charge is -2.58. The summed E-state index contributed by atoms with van der Waals surface area (Å²) in [5.74, 6) is -1.41. The van der Waals surface area contributed by atoms with Gasteiger partial charge in [-0.3, -0.25) is 19.2 Å². The third-order valence-electron chi connectivity index (χ3n) is 11.3. The van der Waals surface area contributed by atoms with Crippen LogP contribution in [0.2, 0.25) is 0 Å². The highest BCUT2D eigenvalue weighted by atomic mass is 16.5. The lowest BCUT2D eigenvalue weighted by molar-refractivity contribution is -0.170. The molecule has 39 heavy (non-hydrogen) atoms. The Morgan fingerprint density at radius 1 is 1.00 bits per heavy atom. The maximum Gasteiger partial charge on any atom is 0.326 e. The van der Waals surface area contributed by atoms with E-state index >= 15 is 0 Å². The Morgan fingerprint density at radius 3 is 2.49 bits per heavy atom. The van der Waals surface area contributed by atoms with E-state index in [9.17, 15) is 34.2 Å². The maximum absolute atomic E-state index is 13.4. The molecular weight excluding hydrogens is 502 g/mol. The zero-order chi connectivity index (χ0) is 28.2. The molecule has 0 bridgehead atoms. The number of rotatable bonds is 7. The first-order valence-electron chi connectivity index (χ1n) is 14.6. The van der Waals surface area contributed by atoms with Crippen LogP contribution in [0.1, 0.15) is 90.9 Å². The van der Waals surface area contributed by atoms with E-state index < -0.39 is 47.3 Å². The van der Waals surface area contributed by atoms with Gasteiger partial charge in [0.15, 0.2) is 12.4 Å². The molecular formula is C30H41NO8. The molecule has 2 N–H and O–H groups in total. The second-order valence-electron chi connectivity index (χ2n) is 13.0. The number of likely N-dealkylation sites (tertiary alicyclic amines) is 1. The SMILES string of the molecule is C[C@]12CCC(=O)C=C1CC[C@@H]1[C@H]3CC[C@](O)(C(=O)COC(=O)CCC(=O)N4CCC[C@@H]4C(=O)O)[C@@]3(C)CC[C@@H]12. The Hall–Kier alpha value is -2.55. The number of hydrogen-bond acceptors (Lipinski definition) is 7. The van der Waals surface area contributed by atoms with Gasteiger partial charge < -0.3 is 19.8 Å². The lowest BCUT2D eigenvalue weighted by atomic mass is 9.46. The van der Waals surface area contributed by atoms with Gasteiger partial charge in [0.05, 0.1) is 6.42 Å². The third-order valence-corrected chi connectivity index (χ3v) is 11.3. The summed E-state index contributed by atoms with van der Waals surface area (Å²) in [6, 6.07) is -0.856. The molecule has 5 aliphatic rings. The molecule has 0 radical (unpaired) electrons. The smallest absolute Gasteiger partial charge is 0.326 e. The van der Waals surface area contributed by atoms with Gasteiger partial charge in [0, 0.05) is 24.8 Å². The first-order valence-corrected chi connectivity index (χ1v) is 14.6. The van der Waals surface area contributed by atoms with Crippen LogP contribution in [0, 0.1) is 28.6 Å². The third kappa shape index (κ3) is 4.54. The van der Waals surface area contributed by atoms with Crippen LogP contribution in [-0.2, 0) is 28.7 Å². The highest BCUT2D eigenvalue weighted by Crippen LogP contribution is 2.67. The molecule has 9 nitrogen and oxygen atoms in total. The maximum atomic E-state index is 13.4. The predicted octanol–water partition coefficient (Wildman–Crippen LogP) is 3.22. The minimum absolute atomic E-state index is 0.00931. The monoisotopic (exact) mass is 543 g/mol. The highest BCUT2D eigenvalue weighted by Gasteiger charge is 2.66. The van der Waals surface area contributed by atoms with Crippen LogP contribution in [0.5, 0.6) is 0 Å². The summed E-state index contributed by atoms with van der Waals surface area (Å²) >= 11 is 0. The van der Waals surface area contributed by atoms with Crippen molar-refractivity contribution in [1.29, 1.82) is 0 Å². The molecule has 0 unspecified atom stereocenters. The average Bonchev–Trinajstić information content (AvgIpc) is 3.50. The summed E-state index contributed by atoms with van der Waals surface area (Å²) in [4.78, 5) is 62.9. The first kappa shape index (κ1) is 28.0. The van der Waals surface area contributed by atoms with E-state index in [0.29, 0.717) is 50.5 Å². The molecule has 0 aromatic heterocycles. The fraction of sp³-hybridized carbons (Fsp3) is 0.767. The van der Waals surface area contributed by atoms with Gasteiger partial charge in [-0.05, 0) is 87.0 Å². The van der Waals surface area contributed by atoms with Gasteiger partial charge in [-0.2, -0.15) is 0 Å². The number of aliphatic carboxylic acids is 1. The van der Waals surface area contributed by atoms with Crippen LogP contribution in [0.4, 0.5) is 0 Å². The van der Waals surface area contributed by atoms with E-state index in [2.05, 4.69) is 6.92 Å². The van der Waals surface area contributed by atoms with Gasteiger partial charge in [0.1, 0.15) is 11.6 Å². The number of allylic oxidation sites excluding steroid dienone is 1. The van der Waals surface area contributed by atoms with E-state index in [4.69, 9.17) is 4.74 Å². The zero-order valence-electron chi connectivity index (χ0n) is 23.1. The second-order valence-corrected chi connectivity index (χ2v) is 13.0. The summed E-state index contributed by atoms with van der Waals surface area (Å²) < 4.78 is 5.22. The molecule has 1 aliphatic heterocycles. The van der Waals surface area contributed by atoms with Crippen LogP contribution in [0.25, 0.3) is 0 Å². The topological polar surface area (TPSA) is 138 Å². The van der Waals surface area contributed by atoms with E-state index in [-0.39, 0.29) is 30.0 Å². The van der Waals surface area contributed by atoms with Crippen molar-refractivity contribution >= 4 is 29.4 Å². The van der Waals surface area contributed by atoms with Gasteiger partial charge in [0.2, 0.25) is 11.7 Å². The quantitative estimate of drug-likeness (QED) is 0.467. The number of ketones is 2. The fourth-order valence-corrected chi connectivity index (χ4v) is 9.05. The van der Waals surface area contributed by atoms with Crippen LogP contribution >= 0.6 is 0 Å². The van der Waals surface area contributed by atoms with Crippen LogP contribution in [0.15, 0.2) is 11.6 Å². The Kier molecular flexibility index (Phi) is 7.27. The number of carbonyl (C=O) groups excluding carboxylic acids is 4. The van der Waals surface area contributed by atoms with Crippen molar-refractivity contribution in [3.05, 3.63) is 11.6 Å². The normalized spacial score (nSPS) is 39.3. The molecule has 7 atom stereocenters. The van der Waals surface area contributed by atoms with E-state index in [1.165, 1.54) is 10.5 Å². The predicted molar refractivity (Wildman–Crippen MR) is 139 cm³/mol. The Morgan fingerprint density at radius 2 is 1.74 bits per heavy atom. The van der Waals surface area contributed by atoms with Gasteiger partial charge in [-0.15, -0.1) is 0 Å². The molecule has 9 heteroatoms. The van der Waals surface area contributed by atoms with Gasteiger partial charge in [-0.25, -0.2) is 4.79 Å². The van der Waals surface area contributed by atoms with E-state index in [1.54, 1.807) is 0 Å². The fourth-order valence-electron chi connectivity index (χ4n) is 9.05. The molecule has 0 spiro atoms. The number of carbonyl (C=O) groups is 5. The number of esters is 1. The van der Waals surface area contributed by atoms with E-state index in [0.717, 1.165) is 32.1 Å². The molecule has 1 heterocycles. The number of aliphatic hydroxyl groups is 1. The zero-order valence-corrected chi connectivity index (χ0v) is 23.1. The number of carboxylic acid groups (broad SMARTS) is 1. The van der Waals surface area contributed by atoms with Gasteiger partial charge >= 0.3 is 11.9 Å². The van der Waals surface area contributed by atoms with Crippen LogP contribution in [-0.4, -0.2) is 69.3 Å². The summed E-state index contributed by atoms with van der Waals surface area (Å²) in [6.45, 7) is 4.14. The number of amides is 1. The molecule has 1 amide bonds. The van der Waals surface area contributed by atoms with Crippen LogP contribution in [0.3, 0.4) is 0 Å². The van der Waals surface area contributed by atoms with Crippen molar-refractivity contribution in [3.8, 4) is 0 Å². The molecule has 4 fully saturated rings. The van der Waals surface area contributed by atoms with Crippen molar-refractivity contribution in [2.75, 3.05) is 13.2 Å². The summed E-state index contributed by atoms with van der Waals surface area (Å²) in [5, 5.41) is 21.0. The number of carboxylic acids is 1. The van der Waals surface area contributed by atoms with Crippen molar-refractivity contribution in [2.45, 2.75) is 103 Å². The molecule has 0 aromatic rings. The number of hydrogen-bond donors (Lipinski definition) is 2. The van der Waals surface area contributed by atoms with E-state index in [1.807, 2.05) is 13.0 Å². The van der Waals surface area contributed by atoms with Gasteiger partial charge in [-0.1, -0.05) is 19.4 Å². The second kappa shape index (κ2) is 10.1. The van der Waals surface area contributed by atoms with Crippen LogP contribution < -0.4 is 0 Å². The highest BCUT2D eigenvalue weighted by molar-refractivity contribution is 5.92. The molecule has 5 rings (SSSR count). The molecule has 214 valence electrons. The first-order chi connectivity index (χ1) is 18.4. The minimum atomic E-state index is -1.57. The molecule has 4 aliphatic carbocycles. The summed E-state index contributed by atoms with van der Waals surface area (Å²) in [5.41, 5.74) is -0.878. The Bertz CT molecular complexity index is 1110. The largest absolute Gasteiger partial charge is 0.480 e. The Labute approximate surface area is 229 Å².